The van der Waals surface area contributed by atoms with E-state index in [1.165, 1.54) is 12.8 Å². The van der Waals surface area contributed by atoms with Crippen LogP contribution in [0.5, 0.6) is 0 Å². The van der Waals surface area contributed by atoms with E-state index in [0.717, 1.165) is 53.5 Å². The summed E-state index contributed by atoms with van der Waals surface area (Å²) >= 11 is 4.73. The largest absolute Gasteiger partial charge is 0.444 e. The van der Waals surface area contributed by atoms with Gasteiger partial charge in [-0.1, -0.05) is 0 Å². The van der Waals surface area contributed by atoms with Crippen LogP contribution in [0.15, 0.2) is 42.9 Å². The number of nitrogens with one attached hydrogen (secondary N) is 2. The molecule has 2 fully saturated rings. The van der Waals surface area contributed by atoms with Crippen LogP contribution < -0.4 is 16.4 Å². The van der Waals surface area contributed by atoms with Gasteiger partial charge in [-0.3, -0.25) is 9.58 Å². The Morgan fingerprint density at radius 1 is 1.17 bits per heavy atom. The molecule has 3 aromatic rings. The van der Waals surface area contributed by atoms with Gasteiger partial charge < -0.3 is 26.0 Å². The van der Waals surface area contributed by atoms with Gasteiger partial charge in [0.15, 0.2) is 0 Å². The molecule has 0 bridgehead atoms. The monoisotopic (exact) mass is 592 g/mol. The van der Waals surface area contributed by atoms with E-state index in [0.29, 0.717) is 24.6 Å². The van der Waals surface area contributed by atoms with Gasteiger partial charge in [0.1, 0.15) is 16.9 Å². The predicted molar refractivity (Wildman–Crippen MR) is 172 cm³/mol. The minimum Gasteiger partial charge on any atom is -0.444 e. The Morgan fingerprint density at radius 2 is 1.90 bits per heavy atom. The number of hydrogen-bond acceptors (Lipinski definition) is 9. The van der Waals surface area contributed by atoms with Crippen LogP contribution in [0.2, 0.25) is 0 Å². The number of ether oxygens (including phenoxy) is 1. The Hall–Kier alpha value is -3.44. The van der Waals surface area contributed by atoms with E-state index >= 15 is 0 Å². The fourth-order valence-corrected chi connectivity index (χ4v) is 5.54. The van der Waals surface area contributed by atoms with Crippen LogP contribution in [0, 0.1) is 12.8 Å². The van der Waals surface area contributed by atoms with Gasteiger partial charge in [-0.15, -0.1) is 12.6 Å². The average Bonchev–Trinajstić information content (AvgIpc) is 3.63. The highest BCUT2D eigenvalue weighted by Crippen LogP contribution is 2.34. The predicted octanol–water partition coefficient (Wildman–Crippen LogP) is 5.60. The number of anilines is 3. The molecule has 2 aromatic heterocycles. The summed E-state index contributed by atoms with van der Waals surface area (Å²) in [5.41, 5.74) is 11.4. The first-order valence-corrected chi connectivity index (χ1v) is 15.3. The highest BCUT2D eigenvalue weighted by atomic mass is 32.1. The fraction of sp³-hybridized carbons (Fsp3) is 0.516. The van der Waals surface area contributed by atoms with Crippen LogP contribution in [0.4, 0.5) is 22.0 Å². The van der Waals surface area contributed by atoms with Crippen molar-refractivity contribution in [3.8, 4) is 11.1 Å². The number of nitrogens with two attached hydrogens (primary N) is 1. The van der Waals surface area contributed by atoms with E-state index in [4.69, 9.17) is 23.1 Å². The molecule has 1 aliphatic carbocycles. The molecule has 1 aliphatic heterocycles. The molecule has 42 heavy (non-hydrogen) atoms. The molecule has 1 amide bonds. The minimum atomic E-state index is -0.491. The Balaban J connectivity index is 1.17. The molecule has 1 saturated carbocycles. The first kappa shape index (κ1) is 30.0. The smallest absolute Gasteiger partial charge is 0.410 e. The van der Waals surface area contributed by atoms with Crippen molar-refractivity contribution in [1.82, 2.24) is 24.6 Å². The zero-order chi connectivity index (χ0) is 30.0. The SMILES string of the molecule is Cc1cc(NC(S)Nc2cc(C(C)N3CCN(C(=O)OC(C)(C)C)CC3)ccn2)c(N)cc1-c1cnn(CC2CC2)c1. The van der Waals surface area contributed by atoms with Gasteiger partial charge >= 0.3 is 6.09 Å². The molecule has 3 heterocycles. The quantitative estimate of drug-likeness (QED) is 0.144. The first-order chi connectivity index (χ1) is 19.9. The van der Waals surface area contributed by atoms with Crippen molar-refractivity contribution in [1.29, 1.82) is 0 Å². The van der Waals surface area contributed by atoms with Crippen molar-refractivity contribution in [3.63, 3.8) is 0 Å². The second kappa shape index (κ2) is 12.4. The maximum atomic E-state index is 12.4. The molecule has 10 nitrogen and oxygen atoms in total. The van der Waals surface area contributed by atoms with Crippen molar-refractivity contribution in [2.45, 2.75) is 71.1 Å². The van der Waals surface area contributed by atoms with E-state index in [-0.39, 0.29) is 12.1 Å². The number of carbonyl (C=O) groups excluding carboxylic acids is 1. The fourth-order valence-electron chi connectivity index (χ4n) is 5.27. The number of aromatic nitrogens is 3. The lowest BCUT2D eigenvalue weighted by Crippen LogP contribution is -2.50. The molecule has 1 saturated heterocycles. The van der Waals surface area contributed by atoms with Crippen LogP contribution in [-0.2, 0) is 11.3 Å². The second-order valence-corrected chi connectivity index (χ2v) is 13.0. The molecule has 2 unspecified atom stereocenters. The Labute approximate surface area is 254 Å². The van der Waals surface area contributed by atoms with Crippen molar-refractivity contribution in [3.05, 3.63) is 54.0 Å². The minimum absolute atomic E-state index is 0.167. The van der Waals surface area contributed by atoms with Crippen molar-refractivity contribution in [2.75, 3.05) is 42.5 Å². The Morgan fingerprint density at radius 3 is 2.60 bits per heavy atom. The Bertz CT molecular complexity index is 1390. The number of carbonyl (C=O) groups is 1. The van der Waals surface area contributed by atoms with Crippen LogP contribution in [0.25, 0.3) is 11.1 Å². The number of benzene rings is 1. The van der Waals surface area contributed by atoms with Gasteiger partial charge in [0.25, 0.3) is 0 Å². The van der Waals surface area contributed by atoms with Gasteiger partial charge in [0, 0.05) is 56.7 Å². The van der Waals surface area contributed by atoms with E-state index in [1.807, 2.05) is 56.0 Å². The molecule has 1 aromatic carbocycles. The number of nitrogens with zero attached hydrogens (tertiary/aromatic N) is 5. The van der Waals surface area contributed by atoms with Gasteiger partial charge in [0.2, 0.25) is 0 Å². The maximum Gasteiger partial charge on any atom is 0.410 e. The third-order valence-corrected chi connectivity index (χ3v) is 8.10. The number of aryl methyl sites for hydroxylation is 1. The number of thiol groups is 1. The zero-order valence-electron chi connectivity index (χ0n) is 25.3. The van der Waals surface area contributed by atoms with Gasteiger partial charge in [-0.2, -0.15) is 5.10 Å². The number of piperazine rings is 1. The number of nitrogen functional groups attached to an aromatic ring is 1. The van der Waals surface area contributed by atoms with Crippen molar-refractivity contribution in [2.24, 2.45) is 5.92 Å². The van der Waals surface area contributed by atoms with Crippen LogP contribution >= 0.6 is 12.6 Å². The van der Waals surface area contributed by atoms with E-state index < -0.39 is 11.1 Å². The lowest BCUT2D eigenvalue weighted by molar-refractivity contribution is 0.0110. The normalized spacial score (nSPS) is 17.5. The summed E-state index contributed by atoms with van der Waals surface area (Å²) in [4.78, 5) is 21.1. The summed E-state index contributed by atoms with van der Waals surface area (Å²) in [5.74, 6) is 1.49. The van der Waals surface area contributed by atoms with Crippen molar-refractivity contribution < 1.29 is 9.53 Å². The lowest BCUT2D eigenvalue weighted by atomic mass is 10.0. The summed E-state index contributed by atoms with van der Waals surface area (Å²) in [6, 6.07) is 8.30. The topological polar surface area (TPSA) is 114 Å². The Kier molecular flexibility index (Phi) is 8.89. The second-order valence-electron chi connectivity index (χ2n) is 12.5. The molecule has 11 heteroatoms. The molecule has 0 radical (unpaired) electrons. The van der Waals surface area contributed by atoms with Gasteiger partial charge in [0.05, 0.1) is 17.6 Å². The zero-order valence-corrected chi connectivity index (χ0v) is 26.2. The average molecular weight is 593 g/mol. The van der Waals surface area contributed by atoms with E-state index in [1.54, 1.807) is 4.90 Å². The molecular weight excluding hydrogens is 548 g/mol. The highest BCUT2D eigenvalue weighted by Gasteiger charge is 2.28. The summed E-state index contributed by atoms with van der Waals surface area (Å²) in [5, 5.41) is 11.2. The first-order valence-electron chi connectivity index (χ1n) is 14.8. The molecule has 4 N–H and O–H groups in total. The van der Waals surface area contributed by atoms with Crippen molar-refractivity contribution >= 4 is 35.9 Å². The van der Waals surface area contributed by atoms with Gasteiger partial charge in [-0.05, 0) is 94.3 Å². The molecule has 2 atom stereocenters. The summed E-state index contributed by atoms with van der Waals surface area (Å²) in [6.45, 7) is 13.8. The summed E-state index contributed by atoms with van der Waals surface area (Å²) in [7, 11) is 0. The number of amides is 1. The maximum absolute atomic E-state index is 12.4. The molecule has 2 aliphatic rings. The van der Waals surface area contributed by atoms with Crippen LogP contribution in [0.1, 0.15) is 57.7 Å². The molecule has 0 spiro atoms. The number of rotatable bonds is 9. The summed E-state index contributed by atoms with van der Waals surface area (Å²) < 4.78 is 7.57. The van der Waals surface area contributed by atoms with Gasteiger partial charge in [-0.25, -0.2) is 9.78 Å². The standard InChI is InChI=1S/C31H44N8O2S/c1-20-14-27(26(32)16-25(20)24-17-34-39(19-24)18-22-6-7-22)35-29(42)36-28-15-23(8-9-33-28)21(2)37-10-12-38(13-11-37)30(40)41-31(3,4)5/h8-9,14-17,19,21-22,29,35,42H,6-7,10-13,18,32H2,1-5H3,(H,33,36). The molecular formula is C31H44N8O2S. The van der Waals surface area contributed by atoms with Crippen LogP contribution in [0.3, 0.4) is 0 Å². The van der Waals surface area contributed by atoms with Crippen LogP contribution in [-0.4, -0.2) is 67.9 Å². The number of hydrogen-bond donors (Lipinski definition) is 4. The summed E-state index contributed by atoms with van der Waals surface area (Å²) in [6.07, 6.45) is 8.19. The number of pyridine rings is 1. The third-order valence-electron chi connectivity index (χ3n) is 7.84. The van der Waals surface area contributed by atoms with E-state index in [2.05, 4.69) is 51.7 Å². The third kappa shape index (κ3) is 7.69. The van der Waals surface area contributed by atoms with E-state index in [9.17, 15) is 4.79 Å². The highest BCUT2D eigenvalue weighted by molar-refractivity contribution is 7.81. The molecule has 226 valence electrons. The lowest BCUT2D eigenvalue weighted by Gasteiger charge is -2.38. The molecule has 5 rings (SSSR count).